The summed E-state index contributed by atoms with van der Waals surface area (Å²) in [4.78, 5) is 39.9. The lowest BCUT2D eigenvalue weighted by Crippen LogP contribution is -2.49. The number of unbranched alkanes of at least 4 members (excludes halogenated alkanes) is 2. The lowest BCUT2D eigenvalue weighted by molar-refractivity contribution is -0.384. The van der Waals surface area contributed by atoms with Gasteiger partial charge in [0.15, 0.2) is 0 Å². The van der Waals surface area contributed by atoms with Crippen molar-refractivity contribution in [1.29, 1.82) is 0 Å². The lowest BCUT2D eigenvalue weighted by atomic mass is 10.0. The van der Waals surface area contributed by atoms with Crippen LogP contribution in [-0.2, 0) is 29.0 Å². The van der Waals surface area contributed by atoms with Gasteiger partial charge in [-0.25, -0.2) is 4.79 Å². The zero-order chi connectivity index (χ0) is 28.3. The van der Waals surface area contributed by atoms with Crippen LogP contribution in [0.15, 0.2) is 72.1 Å². The molecule has 0 bridgehead atoms. The normalized spacial score (nSPS) is 12.0. The molecule has 0 spiro atoms. The molecular formula is C30H37N3O5S. The van der Waals surface area contributed by atoms with Crippen LogP contribution in [-0.4, -0.2) is 33.5 Å². The van der Waals surface area contributed by atoms with Crippen molar-refractivity contribution < 1.29 is 19.2 Å². The molecule has 0 aliphatic rings. The second kappa shape index (κ2) is 14.4. The highest BCUT2D eigenvalue weighted by molar-refractivity contribution is 7.09. The average molecular weight is 552 g/mol. The number of nitro groups is 1. The van der Waals surface area contributed by atoms with E-state index in [4.69, 9.17) is 4.74 Å². The smallest absolute Gasteiger partial charge is 0.408 e. The van der Waals surface area contributed by atoms with Crippen LogP contribution in [0.1, 0.15) is 62.5 Å². The van der Waals surface area contributed by atoms with Crippen molar-refractivity contribution in [3.05, 3.63) is 98.2 Å². The number of carbonyl (C=O) groups excluding carboxylic acids is 2. The molecule has 1 atom stereocenters. The van der Waals surface area contributed by atoms with Crippen molar-refractivity contribution in [3.8, 4) is 0 Å². The number of hydrogen-bond donors (Lipinski definition) is 1. The molecule has 9 heteroatoms. The summed E-state index contributed by atoms with van der Waals surface area (Å²) >= 11 is 1.55. The third-order valence-corrected chi connectivity index (χ3v) is 6.91. The van der Waals surface area contributed by atoms with Crippen LogP contribution in [0.4, 0.5) is 10.5 Å². The first-order valence-corrected chi connectivity index (χ1v) is 14.1. The Hall–Kier alpha value is -3.72. The Bertz CT molecular complexity index is 1190. The second-order valence-corrected chi connectivity index (χ2v) is 11.5. The number of ether oxygens (including phenoxy) is 1. The molecule has 3 rings (SSSR count). The van der Waals surface area contributed by atoms with E-state index in [0.717, 1.165) is 36.1 Å². The molecular weight excluding hydrogens is 514 g/mol. The third-order valence-electron chi connectivity index (χ3n) is 6.05. The number of non-ortho nitro benzene ring substituents is 1. The molecule has 39 heavy (non-hydrogen) atoms. The molecule has 2 aromatic carbocycles. The number of nitrogens with zero attached hydrogens (tertiary/aromatic N) is 2. The summed E-state index contributed by atoms with van der Waals surface area (Å²) in [5.74, 6) is -0.212. The number of rotatable bonds is 13. The van der Waals surface area contributed by atoms with Gasteiger partial charge in [0, 0.05) is 23.6 Å². The Morgan fingerprint density at radius 2 is 1.67 bits per heavy atom. The van der Waals surface area contributed by atoms with E-state index in [1.807, 2.05) is 35.7 Å². The van der Waals surface area contributed by atoms with Crippen LogP contribution in [0, 0.1) is 10.1 Å². The number of nitrogens with one attached hydrogen (secondary N) is 1. The molecule has 0 saturated carbocycles. The molecule has 0 radical (unpaired) electrons. The van der Waals surface area contributed by atoms with E-state index >= 15 is 0 Å². The van der Waals surface area contributed by atoms with Gasteiger partial charge >= 0.3 is 6.09 Å². The highest BCUT2D eigenvalue weighted by Gasteiger charge is 2.28. The standard InChI is InChI=1S/C30H37N3O5S/c1-30(2,3)38-29(35)31-27(15-9-5-8-13-23-11-6-4-7-12-23)28(34)32(22-26-14-10-20-39-26)21-24-16-18-25(19-17-24)33(36)37/h4,6-7,10-12,14,16-20,27H,5,8-9,13,15,21-22H2,1-3H3,(H,31,35)/t27-/m0/s1. The first-order valence-electron chi connectivity index (χ1n) is 13.2. The van der Waals surface area contributed by atoms with E-state index in [-0.39, 0.29) is 18.1 Å². The number of hydrogen-bond acceptors (Lipinski definition) is 6. The first-order chi connectivity index (χ1) is 18.6. The number of thiophene rings is 1. The molecule has 3 aromatic rings. The summed E-state index contributed by atoms with van der Waals surface area (Å²) in [7, 11) is 0. The molecule has 0 saturated heterocycles. The van der Waals surface area contributed by atoms with Crippen LogP contribution in [0.2, 0.25) is 0 Å². The van der Waals surface area contributed by atoms with Crippen molar-refractivity contribution in [3.63, 3.8) is 0 Å². The number of nitro benzene ring substituents is 1. The molecule has 0 fully saturated rings. The maximum atomic E-state index is 13.9. The van der Waals surface area contributed by atoms with Crippen LogP contribution < -0.4 is 5.32 Å². The lowest BCUT2D eigenvalue weighted by Gasteiger charge is -2.29. The van der Waals surface area contributed by atoms with Gasteiger partial charge in [0.25, 0.3) is 5.69 Å². The Labute approximate surface area is 234 Å². The Kier molecular flexibility index (Phi) is 11.0. The number of alkyl carbamates (subject to hydrolysis) is 1. The SMILES string of the molecule is CC(C)(C)OC(=O)N[C@@H](CCCCCc1ccccc1)C(=O)N(Cc1ccc([N+](=O)[O-])cc1)Cc1cccs1. The fourth-order valence-corrected chi connectivity index (χ4v) is 4.89. The Morgan fingerprint density at radius 3 is 2.28 bits per heavy atom. The number of aryl methyl sites for hydroxylation is 1. The van der Waals surface area contributed by atoms with Gasteiger partial charge in [-0.3, -0.25) is 14.9 Å². The number of benzene rings is 2. The highest BCUT2D eigenvalue weighted by Crippen LogP contribution is 2.20. The van der Waals surface area contributed by atoms with E-state index in [1.54, 1.807) is 49.1 Å². The molecule has 8 nitrogen and oxygen atoms in total. The van der Waals surface area contributed by atoms with Gasteiger partial charge in [-0.15, -0.1) is 11.3 Å². The zero-order valence-electron chi connectivity index (χ0n) is 22.8. The van der Waals surface area contributed by atoms with Crippen LogP contribution in [0.25, 0.3) is 0 Å². The maximum Gasteiger partial charge on any atom is 0.408 e. The highest BCUT2D eigenvalue weighted by atomic mass is 32.1. The largest absolute Gasteiger partial charge is 0.444 e. The van der Waals surface area contributed by atoms with Gasteiger partial charge in [-0.1, -0.05) is 61.4 Å². The summed E-state index contributed by atoms with van der Waals surface area (Å²) in [6.07, 6.45) is 3.48. The van der Waals surface area contributed by atoms with Gasteiger partial charge < -0.3 is 15.0 Å². The molecule has 0 aliphatic heterocycles. The summed E-state index contributed by atoms with van der Waals surface area (Å²) < 4.78 is 5.46. The van der Waals surface area contributed by atoms with Crippen molar-refractivity contribution in [2.24, 2.45) is 0 Å². The predicted molar refractivity (Wildman–Crippen MR) is 153 cm³/mol. The number of amides is 2. The van der Waals surface area contributed by atoms with E-state index in [2.05, 4.69) is 17.4 Å². The van der Waals surface area contributed by atoms with E-state index in [0.29, 0.717) is 13.0 Å². The predicted octanol–water partition coefficient (Wildman–Crippen LogP) is 6.88. The van der Waals surface area contributed by atoms with E-state index < -0.39 is 22.7 Å². The Morgan fingerprint density at radius 1 is 0.949 bits per heavy atom. The number of carbonyl (C=O) groups is 2. The minimum Gasteiger partial charge on any atom is -0.444 e. The summed E-state index contributed by atoms with van der Waals surface area (Å²) in [6.45, 7) is 5.98. The fourth-order valence-electron chi connectivity index (χ4n) is 4.17. The minimum absolute atomic E-state index is 0.00476. The third kappa shape index (κ3) is 10.5. The van der Waals surface area contributed by atoms with Gasteiger partial charge in [0.1, 0.15) is 11.6 Å². The first kappa shape index (κ1) is 29.8. The topological polar surface area (TPSA) is 102 Å². The Balaban J connectivity index is 1.72. The van der Waals surface area contributed by atoms with Gasteiger partial charge in [-0.2, -0.15) is 0 Å². The summed E-state index contributed by atoms with van der Waals surface area (Å²) in [6, 6.07) is 19.6. The van der Waals surface area contributed by atoms with Crippen molar-refractivity contribution in [2.75, 3.05) is 0 Å². The van der Waals surface area contributed by atoms with Gasteiger partial charge in [0.05, 0.1) is 11.5 Å². The van der Waals surface area contributed by atoms with Gasteiger partial charge in [-0.05, 0) is 62.6 Å². The van der Waals surface area contributed by atoms with Crippen LogP contribution in [0.3, 0.4) is 0 Å². The molecule has 208 valence electrons. The van der Waals surface area contributed by atoms with Crippen LogP contribution >= 0.6 is 11.3 Å². The van der Waals surface area contributed by atoms with Crippen LogP contribution in [0.5, 0.6) is 0 Å². The van der Waals surface area contributed by atoms with E-state index in [1.165, 1.54) is 17.7 Å². The van der Waals surface area contributed by atoms with Crippen molar-refractivity contribution >= 4 is 29.0 Å². The molecule has 0 unspecified atom stereocenters. The summed E-state index contributed by atoms with van der Waals surface area (Å²) in [5.41, 5.74) is 1.35. The van der Waals surface area contributed by atoms with E-state index in [9.17, 15) is 19.7 Å². The molecule has 1 N–H and O–H groups in total. The molecule has 2 amide bonds. The quantitative estimate of drug-likeness (QED) is 0.142. The molecule has 1 aromatic heterocycles. The van der Waals surface area contributed by atoms with Crippen molar-refractivity contribution in [1.82, 2.24) is 10.2 Å². The molecule has 0 aliphatic carbocycles. The minimum atomic E-state index is -0.755. The zero-order valence-corrected chi connectivity index (χ0v) is 23.6. The maximum absolute atomic E-state index is 13.9. The van der Waals surface area contributed by atoms with Gasteiger partial charge in [0.2, 0.25) is 5.91 Å². The fraction of sp³-hybridized carbons (Fsp3) is 0.400. The molecule has 1 heterocycles. The monoisotopic (exact) mass is 551 g/mol. The average Bonchev–Trinajstić information content (AvgIpc) is 3.40. The second-order valence-electron chi connectivity index (χ2n) is 10.5. The summed E-state index contributed by atoms with van der Waals surface area (Å²) in [5, 5.41) is 15.8. The van der Waals surface area contributed by atoms with Crippen molar-refractivity contribution in [2.45, 2.75) is 77.6 Å².